The number of hydrogen-bond donors (Lipinski definition) is 2. The first kappa shape index (κ1) is 43.3. The highest BCUT2D eigenvalue weighted by Gasteiger charge is 2.45. The smallest absolute Gasteiger partial charge is 0.285 e. The summed E-state index contributed by atoms with van der Waals surface area (Å²) in [4.78, 5) is 30.4. The summed E-state index contributed by atoms with van der Waals surface area (Å²) < 4.78 is 60.0. The molecule has 4 aromatic carbocycles. The number of nitrogens with one attached hydrogen (secondary N) is 2. The van der Waals surface area contributed by atoms with Crippen molar-refractivity contribution < 1.29 is 31.2 Å². The summed E-state index contributed by atoms with van der Waals surface area (Å²) in [6.45, 7) is 2.89. The lowest BCUT2D eigenvalue weighted by atomic mass is 10.1. The SMILES string of the molecule is CCCCN1C(=O)C(NCc2ccc(OC)cc2)=C(c2ccccc2)S1(=O)=O.O=C1C(NCCCCc2ccccc2)=C(c2ccccc2)S(=O)(=O)N1Cc1ccccn1. The maximum atomic E-state index is 13.4. The summed E-state index contributed by atoms with van der Waals surface area (Å²) in [5, 5.41) is 6.19. The van der Waals surface area contributed by atoms with Crippen molar-refractivity contribution in [2.24, 2.45) is 0 Å². The molecule has 0 spiro atoms. The van der Waals surface area contributed by atoms with Gasteiger partial charge in [0.15, 0.2) is 0 Å². The number of carbonyl (C=O) groups excluding carboxylic acids is 2. The molecule has 5 aromatic rings. The minimum absolute atomic E-state index is 0.0297. The zero-order chi connectivity index (χ0) is 42.5. The molecule has 0 aliphatic carbocycles. The number of pyridine rings is 1. The van der Waals surface area contributed by atoms with Gasteiger partial charge in [-0.1, -0.05) is 123 Å². The summed E-state index contributed by atoms with van der Waals surface area (Å²) in [7, 11) is -6.29. The van der Waals surface area contributed by atoms with Crippen LogP contribution in [0.1, 0.15) is 60.6 Å². The highest BCUT2D eigenvalue weighted by Crippen LogP contribution is 2.36. The van der Waals surface area contributed by atoms with Crippen LogP contribution in [0, 0.1) is 0 Å². The Labute approximate surface area is 352 Å². The zero-order valence-electron chi connectivity index (χ0n) is 33.7. The monoisotopic (exact) mass is 847 g/mol. The zero-order valence-corrected chi connectivity index (χ0v) is 35.3. The Morgan fingerprint density at radius 2 is 1.15 bits per heavy atom. The number of rotatable bonds is 17. The Bertz CT molecular complexity index is 2520. The molecule has 0 fully saturated rings. The molecule has 0 saturated heterocycles. The third-order valence-corrected chi connectivity index (χ3v) is 13.6. The van der Waals surface area contributed by atoms with E-state index in [9.17, 15) is 26.4 Å². The van der Waals surface area contributed by atoms with Gasteiger partial charge in [-0.2, -0.15) is 0 Å². The highest BCUT2D eigenvalue weighted by atomic mass is 32.2. The highest BCUT2D eigenvalue weighted by molar-refractivity contribution is 8.00. The van der Waals surface area contributed by atoms with Crippen LogP contribution in [0.2, 0.25) is 0 Å². The number of hydrogen-bond acceptors (Lipinski definition) is 10. The van der Waals surface area contributed by atoms with Gasteiger partial charge in [0.05, 0.1) is 19.3 Å². The molecule has 1 aromatic heterocycles. The van der Waals surface area contributed by atoms with E-state index < -0.39 is 31.9 Å². The van der Waals surface area contributed by atoms with Crippen molar-refractivity contribution in [3.8, 4) is 5.75 Å². The second-order valence-corrected chi connectivity index (χ2v) is 17.7. The number of ether oxygens (including phenoxy) is 1. The predicted octanol–water partition coefficient (Wildman–Crippen LogP) is 6.86. The molecule has 12 nitrogen and oxygen atoms in total. The van der Waals surface area contributed by atoms with Crippen molar-refractivity contribution >= 4 is 41.7 Å². The maximum Gasteiger partial charge on any atom is 0.285 e. The van der Waals surface area contributed by atoms with E-state index >= 15 is 0 Å². The molecule has 2 amide bonds. The van der Waals surface area contributed by atoms with E-state index in [1.807, 2.05) is 61.5 Å². The summed E-state index contributed by atoms with van der Waals surface area (Å²) in [6, 6.07) is 40.3. The van der Waals surface area contributed by atoms with Gasteiger partial charge in [-0.25, -0.2) is 25.4 Å². The molecule has 2 N–H and O–H groups in total. The van der Waals surface area contributed by atoms with Crippen LogP contribution in [0.5, 0.6) is 5.75 Å². The third-order valence-electron chi connectivity index (χ3n) is 9.91. The normalized spacial score (nSPS) is 15.5. The lowest BCUT2D eigenvalue weighted by molar-refractivity contribution is -0.123. The molecule has 14 heteroatoms. The molecule has 0 saturated carbocycles. The Morgan fingerprint density at radius 1 is 0.600 bits per heavy atom. The van der Waals surface area contributed by atoms with Gasteiger partial charge in [0.25, 0.3) is 31.9 Å². The number of aryl methyl sites for hydroxylation is 1. The number of benzene rings is 4. The van der Waals surface area contributed by atoms with Crippen LogP contribution in [0.4, 0.5) is 0 Å². The molecule has 0 radical (unpaired) electrons. The topological polar surface area (TPSA) is 155 Å². The molecular weight excluding hydrogens is 799 g/mol. The average molecular weight is 848 g/mol. The molecule has 3 heterocycles. The Balaban J connectivity index is 0.000000203. The second-order valence-electron chi connectivity index (χ2n) is 14.1. The van der Waals surface area contributed by atoms with Gasteiger partial charge in [-0.15, -0.1) is 0 Å². The number of nitrogens with zero attached hydrogens (tertiary/aromatic N) is 3. The fourth-order valence-corrected chi connectivity index (χ4v) is 10.2. The first-order valence-electron chi connectivity index (χ1n) is 19.8. The molecule has 60 heavy (non-hydrogen) atoms. The fourth-order valence-electron chi connectivity index (χ4n) is 6.78. The van der Waals surface area contributed by atoms with Crippen molar-refractivity contribution in [1.82, 2.24) is 24.2 Å². The molecule has 2 aliphatic heterocycles. The van der Waals surface area contributed by atoms with Crippen LogP contribution in [-0.2, 0) is 49.1 Å². The van der Waals surface area contributed by atoms with Crippen LogP contribution in [-0.4, -0.2) is 62.4 Å². The summed E-state index contributed by atoms with van der Waals surface area (Å²) in [5.74, 6) is -0.309. The van der Waals surface area contributed by atoms with E-state index in [-0.39, 0.29) is 34.3 Å². The molecular formula is C46H49N5O7S2. The molecule has 7 rings (SSSR count). The third kappa shape index (κ3) is 10.1. The number of methoxy groups -OCH3 is 1. The van der Waals surface area contributed by atoms with Gasteiger partial charge < -0.3 is 15.4 Å². The standard InChI is InChI=1S/C25H25N3O3S.C21H24N2O4S/c29-25-23(27-18-9-7-13-20-11-3-1-4-12-20)24(21-14-5-2-6-15-21)32(30,31)28(25)19-22-16-8-10-17-26-22;1-3-4-14-23-21(24)19(22-15-16-10-12-18(27-2)13-11-16)20(28(23,25)26)17-8-6-5-7-9-17/h1-6,8,10-12,14-17,27H,7,9,13,18-19H2;5-13,22H,3-4,14-15H2,1-2H3. The lowest BCUT2D eigenvalue weighted by Gasteiger charge is -2.16. The quantitative estimate of drug-likeness (QED) is 0.0949. The molecule has 0 atom stereocenters. The van der Waals surface area contributed by atoms with E-state index in [0.717, 1.165) is 45.6 Å². The summed E-state index contributed by atoms with van der Waals surface area (Å²) in [6.07, 6.45) is 5.69. The van der Waals surface area contributed by atoms with E-state index in [0.29, 0.717) is 36.3 Å². The Morgan fingerprint density at radius 3 is 1.72 bits per heavy atom. The van der Waals surface area contributed by atoms with Crippen molar-refractivity contribution in [3.05, 3.63) is 179 Å². The minimum Gasteiger partial charge on any atom is -0.497 e. The Kier molecular flexibility index (Phi) is 14.5. The van der Waals surface area contributed by atoms with E-state index in [2.05, 4.69) is 27.8 Å². The minimum atomic E-state index is -4.00. The van der Waals surface area contributed by atoms with E-state index in [4.69, 9.17) is 4.74 Å². The molecule has 0 bridgehead atoms. The second kappa shape index (κ2) is 20.1. The number of unbranched alkanes of at least 4 members (excludes halogenated alkanes) is 2. The maximum absolute atomic E-state index is 13.4. The van der Waals surface area contributed by atoms with Crippen molar-refractivity contribution in [2.75, 3.05) is 20.2 Å². The van der Waals surface area contributed by atoms with Gasteiger partial charge >= 0.3 is 0 Å². The molecule has 0 unspecified atom stereocenters. The summed E-state index contributed by atoms with van der Waals surface area (Å²) in [5.41, 5.74) is 3.95. The van der Waals surface area contributed by atoms with Crippen molar-refractivity contribution in [3.63, 3.8) is 0 Å². The van der Waals surface area contributed by atoms with Gasteiger partial charge in [-0.3, -0.25) is 14.6 Å². The van der Waals surface area contributed by atoms with Crippen molar-refractivity contribution in [2.45, 2.75) is 52.1 Å². The van der Waals surface area contributed by atoms with Crippen LogP contribution in [0.25, 0.3) is 9.81 Å². The van der Waals surface area contributed by atoms with Gasteiger partial charge in [0.2, 0.25) is 0 Å². The van der Waals surface area contributed by atoms with Crippen LogP contribution < -0.4 is 15.4 Å². The van der Waals surface area contributed by atoms with Crippen LogP contribution in [0.15, 0.2) is 151 Å². The Hall–Kier alpha value is -6.25. The fraction of sp³-hybridized carbons (Fsp3) is 0.239. The van der Waals surface area contributed by atoms with Crippen LogP contribution >= 0.6 is 0 Å². The number of sulfonamides is 2. The lowest BCUT2D eigenvalue weighted by Crippen LogP contribution is -2.34. The number of amides is 2. The average Bonchev–Trinajstić information content (AvgIpc) is 3.58. The number of aromatic nitrogens is 1. The van der Waals surface area contributed by atoms with E-state index in [1.165, 1.54) is 5.56 Å². The number of carbonyl (C=O) groups is 2. The first-order chi connectivity index (χ1) is 29.1. The van der Waals surface area contributed by atoms with Crippen molar-refractivity contribution in [1.29, 1.82) is 0 Å². The van der Waals surface area contributed by atoms with E-state index in [1.54, 1.807) is 80.0 Å². The summed E-state index contributed by atoms with van der Waals surface area (Å²) >= 11 is 0. The molecule has 2 aliphatic rings. The first-order valence-corrected chi connectivity index (χ1v) is 22.7. The van der Waals surface area contributed by atoms with Gasteiger partial charge in [0.1, 0.15) is 27.0 Å². The molecule has 312 valence electrons. The van der Waals surface area contributed by atoms with Crippen LogP contribution in [0.3, 0.4) is 0 Å². The predicted molar refractivity (Wildman–Crippen MR) is 233 cm³/mol. The van der Waals surface area contributed by atoms with Gasteiger partial charge in [0, 0.05) is 25.8 Å². The van der Waals surface area contributed by atoms with Gasteiger partial charge in [-0.05, 0) is 72.2 Å². The largest absolute Gasteiger partial charge is 0.497 e.